The van der Waals surface area contributed by atoms with E-state index < -0.39 is 5.92 Å². The highest BCUT2D eigenvalue weighted by Crippen LogP contribution is 2.37. The molecule has 0 N–H and O–H groups in total. The average Bonchev–Trinajstić information content (AvgIpc) is 2.55. The van der Waals surface area contributed by atoms with Crippen molar-refractivity contribution in [1.82, 2.24) is 4.90 Å². The Balaban J connectivity index is 1.65. The Morgan fingerprint density at radius 1 is 1.26 bits per heavy atom. The summed E-state index contributed by atoms with van der Waals surface area (Å²) < 4.78 is 32.4. The fraction of sp³-hybridized carbons (Fsp3) is 0.611. The topological polar surface area (TPSA) is 29.5 Å². The van der Waals surface area contributed by atoms with Crippen molar-refractivity contribution in [2.45, 2.75) is 44.6 Å². The second-order valence-electron chi connectivity index (χ2n) is 6.63. The summed E-state index contributed by atoms with van der Waals surface area (Å²) in [4.78, 5) is 14.5. The molecule has 5 heteroatoms. The summed E-state index contributed by atoms with van der Waals surface area (Å²) in [5.41, 5.74) is 2.24. The van der Waals surface area contributed by atoms with Crippen LogP contribution in [0.25, 0.3) is 0 Å². The maximum absolute atomic E-state index is 13.3. The van der Waals surface area contributed by atoms with Gasteiger partial charge in [0.2, 0.25) is 11.8 Å². The summed E-state index contributed by atoms with van der Waals surface area (Å²) >= 11 is 0. The van der Waals surface area contributed by atoms with Gasteiger partial charge in [-0.2, -0.15) is 0 Å². The van der Waals surface area contributed by atoms with E-state index in [0.29, 0.717) is 19.7 Å². The van der Waals surface area contributed by atoms with Crippen molar-refractivity contribution in [2.75, 3.05) is 19.7 Å². The molecule has 3 rings (SSSR count). The van der Waals surface area contributed by atoms with Gasteiger partial charge in [-0.25, -0.2) is 8.78 Å². The zero-order valence-corrected chi connectivity index (χ0v) is 13.4. The molecular formula is C18H23F2NO2. The van der Waals surface area contributed by atoms with Gasteiger partial charge in [-0.3, -0.25) is 4.79 Å². The molecule has 2 fully saturated rings. The van der Waals surface area contributed by atoms with Crippen LogP contribution >= 0.6 is 0 Å². The van der Waals surface area contributed by atoms with E-state index >= 15 is 0 Å². The SMILES string of the molecule is Cc1ccccc1C1CN(C(=O)C2CCC(F)(F)CC2)CCO1. The van der Waals surface area contributed by atoms with Gasteiger partial charge in [-0.15, -0.1) is 0 Å². The summed E-state index contributed by atoms with van der Waals surface area (Å²) in [6, 6.07) is 8.00. The molecule has 1 aliphatic carbocycles. The largest absolute Gasteiger partial charge is 0.370 e. The quantitative estimate of drug-likeness (QED) is 0.830. The van der Waals surface area contributed by atoms with Gasteiger partial charge >= 0.3 is 0 Å². The normalized spacial score (nSPS) is 25.3. The number of nitrogens with zero attached hydrogens (tertiary/aromatic N) is 1. The third-order valence-corrected chi connectivity index (χ3v) is 4.98. The molecule has 0 aromatic heterocycles. The molecule has 1 heterocycles. The lowest BCUT2D eigenvalue weighted by Gasteiger charge is -2.37. The molecule has 126 valence electrons. The van der Waals surface area contributed by atoms with Crippen molar-refractivity contribution >= 4 is 5.91 Å². The standard InChI is InChI=1S/C18H23F2NO2/c1-13-4-2-3-5-15(13)16-12-21(10-11-23-16)17(22)14-6-8-18(19,20)9-7-14/h2-5,14,16H,6-12H2,1H3. The zero-order chi connectivity index (χ0) is 16.4. The van der Waals surface area contributed by atoms with Crippen LogP contribution < -0.4 is 0 Å². The summed E-state index contributed by atoms with van der Waals surface area (Å²) in [7, 11) is 0. The van der Waals surface area contributed by atoms with Crippen LogP contribution in [0.15, 0.2) is 24.3 Å². The van der Waals surface area contributed by atoms with Crippen molar-refractivity contribution in [1.29, 1.82) is 0 Å². The number of alkyl halides is 2. The minimum Gasteiger partial charge on any atom is -0.370 e. The fourth-order valence-corrected chi connectivity index (χ4v) is 3.53. The van der Waals surface area contributed by atoms with Crippen molar-refractivity contribution in [2.24, 2.45) is 5.92 Å². The van der Waals surface area contributed by atoms with Crippen LogP contribution in [0.2, 0.25) is 0 Å². The van der Waals surface area contributed by atoms with Crippen molar-refractivity contribution in [3.05, 3.63) is 35.4 Å². The number of rotatable bonds is 2. The van der Waals surface area contributed by atoms with Crippen LogP contribution in [-0.2, 0) is 9.53 Å². The van der Waals surface area contributed by atoms with Crippen LogP contribution in [0.4, 0.5) is 8.78 Å². The van der Waals surface area contributed by atoms with Gasteiger partial charge < -0.3 is 9.64 Å². The zero-order valence-electron chi connectivity index (χ0n) is 13.4. The summed E-state index contributed by atoms with van der Waals surface area (Å²) in [5, 5.41) is 0. The number of halogens is 2. The van der Waals surface area contributed by atoms with Gasteiger partial charge in [0.05, 0.1) is 13.2 Å². The van der Waals surface area contributed by atoms with E-state index in [0.717, 1.165) is 11.1 Å². The number of hydrogen-bond donors (Lipinski definition) is 0. The van der Waals surface area contributed by atoms with E-state index in [4.69, 9.17) is 4.74 Å². The molecular weight excluding hydrogens is 300 g/mol. The number of aryl methyl sites for hydroxylation is 1. The van der Waals surface area contributed by atoms with Crippen LogP contribution in [0.3, 0.4) is 0 Å². The lowest BCUT2D eigenvalue weighted by molar-refractivity contribution is -0.147. The lowest BCUT2D eigenvalue weighted by Crippen LogP contribution is -2.46. The Labute approximate surface area is 135 Å². The van der Waals surface area contributed by atoms with Gasteiger partial charge in [-0.05, 0) is 30.9 Å². The van der Waals surface area contributed by atoms with Crippen LogP contribution in [-0.4, -0.2) is 36.4 Å². The molecule has 1 unspecified atom stereocenters. The van der Waals surface area contributed by atoms with Crippen LogP contribution in [0, 0.1) is 12.8 Å². The molecule has 1 saturated carbocycles. The molecule has 0 radical (unpaired) electrons. The summed E-state index contributed by atoms with van der Waals surface area (Å²) in [5.74, 6) is -2.83. The highest BCUT2D eigenvalue weighted by molar-refractivity contribution is 5.79. The smallest absolute Gasteiger partial charge is 0.248 e. The molecule has 0 bridgehead atoms. The minimum absolute atomic E-state index is 0.0161. The molecule has 0 spiro atoms. The van der Waals surface area contributed by atoms with E-state index in [1.807, 2.05) is 31.2 Å². The van der Waals surface area contributed by atoms with Crippen molar-refractivity contribution in [3.63, 3.8) is 0 Å². The molecule has 1 aromatic carbocycles. The van der Waals surface area contributed by atoms with E-state index in [1.54, 1.807) is 4.90 Å². The Bertz CT molecular complexity index is 566. The second-order valence-corrected chi connectivity index (χ2v) is 6.63. The monoisotopic (exact) mass is 323 g/mol. The third kappa shape index (κ3) is 3.71. The molecule has 23 heavy (non-hydrogen) atoms. The number of carbonyl (C=O) groups is 1. The van der Waals surface area contributed by atoms with E-state index in [1.165, 1.54) is 0 Å². The predicted octanol–water partition coefficient (Wildman–Crippen LogP) is 3.72. The second kappa shape index (κ2) is 6.56. The molecule has 1 aromatic rings. The van der Waals surface area contributed by atoms with E-state index in [2.05, 4.69) is 0 Å². The Morgan fingerprint density at radius 2 is 1.96 bits per heavy atom. The van der Waals surface area contributed by atoms with E-state index in [-0.39, 0.29) is 43.6 Å². The molecule has 3 nitrogen and oxygen atoms in total. The van der Waals surface area contributed by atoms with Gasteiger partial charge in [0.15, 0.2) is 0 Å². The fourth-order valence-electron chi connectivity index (χ4n) is 3.53. The first-order valence-electron chi connectivity index (χ1n) is 8.30. The molecule has 2 aliphatic rings. The Kier molecular flexibility index (Phi) is 4.67. The molecule has 1 saturated heterocycles. The first-order valence-corrected chi connectivity index (χ1v) is 8.30. The molecule has 1 aliphatic heterocycles. The first kappa shape index (κ1) is 16.4. The highest BCUT2D eigenvalue weighted by Gasteiger charge is 2.39. The number of carbonyl (C=O) groups excluding carboxylic acids is 1. The third-order valence-electron chi connectivity index (χ3n) is 4.98. The molecule has 1 atom stereocenters. The Hall–Kier alpha value is -1.49. The van der Waals surface area contributed by atoms with Crippen LogP contribution in [0.5, 0.6) is 0 Å². The lowest BCUT2D eigenvalue weighted by atomic mass is 9.85. The van der Waals surface area contributed by atoms with E-state index in [9.17, 15) is 13.6 Å². The van der Waals surface area contributed by atoms with Gasteiger partial charge in [-0.1, -0.05) is 24.3 Å². The van der Waals surface area contributed by atoms with Gasteiger partial charge in [0.1, 0.15) is 6.10 Å². The molecule has 1 amide bonds. The predicted molar refractivity (Wildman–Crippen MR) is 83.4 cm³/mol. The number of amides is 1. The highest BCUT2D eigenvalue weighted by atomic mass is 19.3. The average molecular weight is 323 g/mol. The Morgan fingerprint density at radius 3 is 2.65 bits per heavy atom. The number of hydrogen-bond acceptors (Lipinski definition) is 2. The van der Waals surface area contributed by atoms with Gasteiger partial charge in [0, 0.05) is 25.3 Å². The minimum atomic E-state index is -2.59. The summed E-state index contributed by atoms with van der Waals surface area (Å²) in [6.07, 6.45) is 0.110. The summed E-state index contributed by atoms with van der Waals surface area (Å²) in [6.45, 7) is 3.58. The number of ether oxygens (including phenoxy) is 1. The van der Waals surface area contributed by atoms with Crippen molar-refractivity contribution in [3.8, 4) is 0 Å². The maximum Gasteiger partial charge on any atom is 0.248 e. The first-order chi connectivity index (χ1) is 11.0. The number of morpholine rings is 1. The van der Waals surface area contributed by atoms with Gasteiger partial charge in [0.25, 0.3) is 0 Å². The number of benzene rings is 1. The van der Waals surface area contributed by atoms with Crippen molar-refractivity contribution < 1.29 is 18.3 Å². The maximum atomic E-state index is 13.3. The van der Waals surface area contributed by atoms with Crippen LogP contribution in [0.1, 0.15) is 42.9 Å².